The molecule has 0 fully saturated rings. The number of benzene rings is 2. The lowest BCUT2D eigenvalue weighted by molar-refractivity contribution is 0.0697. The third kappa shape index (κ3) is 3.32. The lowest BCUT2D eigenvalue weighted by atomic mass is 10.1. The summed E-state index contributed by atoms with van der Waals surface area (Å²) in [6.07, 6.45) is 0. The molecule has 0 saturated carbocycles. The normalized spacial score (nSPS) is 10.4. The number of nitrogens with one attached hydrogen (secondary N) is 1. The Balaban J connectivity index is 1.65. The Bertz CT molecular complexity index is 767. The SMILES string of the molecule is O=C(O)c1ccc(CNc2nc(-c3ccccc3)cs2)cc1. The van der Waals surface area contributed by atoms with Gasteiger partial charge in [0.05, 0.1) is 11.3 Å². The van der Waals surface area contributed by atoms with Crippen LogP contribution in [0, 0.1) is 0 Å². The molecule has 110 valence electrons. The van der Waals surface area contributed by atoms with Gasteiger partial charge in [-0.2, -0.15) is 0 Å². The molecule has 3 rings (SSSR count). The molecule has 0 aliphatic rings. The molecule has 0 aliphatic heterocycles. The second kappa shape index (κ2) is 6.41. The van der Waals surface area contributed by atoms with E-state index in [1.54, 1.807) is 23.5 Å². The minimum atomic E-state index is -0.910. The van der Waals surface area contributed by atoms with Crippen LogP contribution in [0.5, 0.6) is 0 Å². The van der Waals surface area contributed by atoms with Gasteiger partial charge in [-0.1, -0.05) is 42.5 Å². The fourth-order valence-corrected chi connectivity index (χ4v) is 2.76. The lowest BCUT2D eigenvalue weighted by Gasteiger charge is -2.03. The van der Waals surface area contributed by atoms with Crippen molar-refractivity contribution < 1.29 is 9.90 Å². The second-order valence-corrected chi connectivity index (χ2v) is 5.62. The van der Waals surface area contributed by atoms with E-state index in [-0.39, 0.29) is 0 Å². The first-order valence-corrected chi connectivity index (χ1v) is 7.67. The van der Waals surface area contributed by atoms with Crippen molar-refractivity contribution in [2.24, 2.45) is 0 Å². The van der Waals surface area contributed by atoms with Gasteiger partial charge in [-0.25, -0.2) is 9.78 Å². The van der Waals surface area contributed by atoms with Crippen LogP contribution in [0.3, 0.4) is 0 Å². The Kier molecular flexibility index (Phi) is 4.16. The summed E-state index contributed by atoms with van der Waals surface area (Å²) in [5, 5.41) is 15.0. The minimum Gasteiger partial charge on any atom is -0.478 e. The summed E-state index contributed by atoms with van der Waals surface area (Å²) in [5.74, 6) is -0.910. The summed E-state index contributed by atoms with van der Waals surface area (Å²) in [7, 11) is 0. The van der Waals surface area contributed by atoms with Gasteiger partial charge in [0.25, 0.3) is 0 Å². The number of anilines is 1. The van der Waals surface area contributed by atoms with Crippen LogP contribution in [0.1, 0.15) is 15.9 Å². The van der Waals surface area contributed by atoms with Crippen molar-refractivity contribution >= 4 is 22.4 Å². The van der Waals surface area contributed by atoms with Crippen molar-refractivity contribution in [2.75, 3.05) is 5.32 Å². The maximum absolute atomic E-state index is 10.8. The van der Waals surface area contributed by atoms with Crippen molar-refractivity contribution in [1.82, 2.24) is 4.98 Å². The predicted octanol–water partition coefficient (Wildman–Crippen LogP) is 4.12. The summed E-state index contributed by atoms with van der Waals surface area (Å²) < 4.78 is 0. The number of nitrogens with zero attached hydrogens (tertiary/aromatic N) is 1. The van der Waals surface area contributed by atoms with E-state index in [2.05, 4.69) is 10.3 Å². The summed E-state index contributed by atoms with van der Waals surface area (Å²) >= 11 is 1.56. The lowest BCUT2D eigenvalue weighted by Crippen LogP contribution is -2.00. The number of aromatic nitrogens is 1. The van der Waals surface area contributed by atoms with Crippen LogP contribution in [0.25, 0.3) is 11.3 Å². The number of hydrogen-bond acceptors (Lipinski definition) is 4. The molecule has 1 aromatic heterocycles. The monoisotopic (exact) mass is 310 g/mol. The van der Waals surface area contributed by atoms with Gasteiger partial charge in [0, 0.05) is 17.5 Å². The van der Waals surface area contributed by atoms with Crippen molar-refractivity contribution in [2.45, 2.75) is 6.54 Å². The molecule has 22 heavy (non-hydrogen) atoms. The van der Waals surface area contributed by atoms with Crippen LogP contribution in [0.4, 0.5) is 5.13 Å². The summed E-state index contributed by atoms with van der Waals surface area (Å²) in [5.41, 5.74) is 3.36. The molecule has 0 aliphatic carbocycles. The molecule has 1 heterocycles. The number of carbonyl (C=O) groups is 1. The van der Waals surface area contributed by atoms with E-state index in [0.717, 1.165) is 22.0 Å². The number of rotatable bonds is 5. The molecule has 0 unspecified atom stereocenters. The Labute approximate surface area is 132 Å². The van der Waals surface area contributed by atoms with Crippen LogP contribution in [-0.2, 0) is 6.54 Å². The van der Waals surface area contributed by atoms with Crippen molar-refractivity contribution in [3.8, 4) is 11.3 Å². The molecule has 5 heteroatoms. The van der Waals surface area contributed by atoms with Crippen molar-refractivity contribution in [3.63, 3.8) is 0 Å². The van der Waals surface area contributed by atoms with Crippen LogP contribution in [-0.4, -0.2) is 16.1 Å². The van der Waals surface area contributed by atoms with Crippen LogP contribution < -0.4 is 5.32 Å². The molecule has 2 aromatic carbocycles. The minimum absolute atomic E-state index is 0.296. The van der Waals surface area contributed by atoms with Gasteiger partial charge in [-0.15, -0.1) is 11.3 Å². The number of carboxylic acid groups (broad SMARTS) is 1. The van der Waals surface area contributed by atoms with Gasteiger partial charge in [0.1, 0.15) is 0 Å². The quantitative estimate of drug-likeness (QED) is 0.744. The molecule has 2 N–H and O–H groups in total. The van der Waals surface area contributed by atoms with E-state index in [1.807, 2.05) is 47.8 Å². The maximum Gasteiger partial charge on any atom is 0.335 e. The second-order valence-electron chi connectivity index (χ2n) is 4.76. The first kappa shape index (κ1) is 14.3. The number of aromatic carboxylic acids is 1. The Morgan fingerprint density at radius 1 is 1.09 bits per heavy atom. The Hall–Kier alpha value is -2.66. The molecular weight excluding hydrogens is 296 g/mol. The first-order valence-electron chi connectivity index (χ1n) is 6.79. The molecule has 4 nitrogen and oxygen atoms in total. The number of carboxylic acids is 1. The molecule has 3 aromatic rings. The zero-order valence-corrected chi connectivity index (χ0v) is 12.5. The van der Waals surface area contributed by atoms with Gasteiger partial charge in [-0.3, -0.25) is 0 Å². The molecule has 0 saturated heterocycles. The molecular formula is C17H14N2O2S. The molecule has 0 bridgehead atoms. The fourth-order valence-electron chi connectivity index (χ4n) is 2.04. The largest absolute Gasteiger partial charge is 0.478 e. The smallest absolute Gasteiger partial charge is 0.335 e. The fraction of sp³-hybridized carbons (Fsp3) is 0.0588. The van der Waals surface area contributed by atoms with E-state index >= 15 is 0 Å². The molecule has 0 spiro atoms. The topological polar surface area (TPSA) is 62.2 Å². The zero-order valence-electron chi connectivity index (χ0n) is 11.7. The van der Waals surface area contributed by atoms with Crippen molar-refractivity contribution in [1.29, 1.82) is 0 Å². The van der Waals surface area contributed by atoms with Gasteiger partial charge in [-0.05, 0) is 17.7 Å². The third-order valence-electron chi connectivity index (χ3n) is 3.22. The highest BCUT2D eigenvalue weighted by Crippen LogP contribution is 2.24. The van der Waals surface area contributed by atoms with E-state index in [9.17, 15) is 4.79 Å². The highest BCUT2D eigenvalue weighted by Gasteiger charge is 2.05. The average molecular weight is 310 g/mol. The van der Waals surface area contributed by atoms with Gasteiger partial charge < -0.3 is 10.4 Å². The molecule has 0 atom stereocenters. The number of thiazole rings is 1. The van der Waals surface area contributed by atoms with Crippen LogP contribution >= 0.6 is 11.3 Å². The summed E-state index contributed by atoms with van der Waals surface area (Å²) in [6.45, 7) is 0.613. The maximum atomic E-state index is 10.8. The molecule has 0 amide bonds. The Morgan fingerprint density at radius 2 is 1.82 bits per heavy atom. The summed E-state index contributed by atoms with van der Waals surface area (Å²) in [6, 6.07) is 16.9. The van der Waals surface area contributed by atoms with Crippen molar-refractivity contribution in [3.05, 3.63) is 71.1 Å². The summed E-state index contributed by atoms with van der Waals surface area (Å²) in [4.78, 5) is 15.4. The Morgan fingerprint density at radius 3 is 2.50 bits per heavy atom. The van der Waals surface area contributed by atoms with Gasteiger partial charge in [0.2, 0.25) is 0 Å². The average Bonchev–Trinajstić information content (AvgIpc) is 3.03. The first-order chi connectivity index (χ1) is 10.7. The zero-order chi connectivity index (χ0) is 15.4. The third-order valence-corrected chi connectivity index (χ3v) is 4.02. The highest BCUT2D eigenvalue weighted by atomic mass is 32.1. The van der Waals surface area contributed by atoms with E-state index < -0.39 is 5.97 Å². The van der Waals surface area contributed by atoms with E-state index in [4.69, 9.17) is 5.11 Å². The van der Waals surface area contributed by atoms with E-state index in [1.165, 1.54) is 0 Å². The van der Waals surface area contributed by atoms with Gasteiger partial charge in [0.15, 0.2) is 5.13 Å². The highest BCUT2D eigenvalue weighted by molar-refractivity contribution is 7.14. The van der Waals surface area contributed by atoms with Crippen LogP contribution in [0.2, 0.25) is 0 Å². The van der Waals surface area contributed by atoms with E-state index in [0.29, 0.717) is 12.1 Å². The van der Waals surface area contributed by atoms with Gasteiger partial charge >= 0.3 is 5.97 Å². The number of hydrogen-bond donors (Lipinski definition) is 2. The van der Waals surface area contributed by atoms with Crippen LogP contribution in [0.15, 0.2) is 60.0 Å². The molecule has 0 radical (unpaired) electrons. The standard InChI is InChI=1S/C17H14N2O2S/c20-16(21)14-8-6-12(7-9-14)10-18-17-19-15(11-22-17)13-4-2-1-3-5-13/h1-9,11H,10H2,(H,18,19)(H,20,21). The predicted molar refractivity (Wildman–Crippen MR) is 88.3 cm³/mol.